The van der Waals surface area contributed by atoms with Crippen molar-refractivity contribution in [1.29, 1.82) is 0 Å². The average molecular weight is 461 g/mol. The minimum Gasteiger partial charge on any atom is -0.497 e. The second-order valence-corrected chi connectivity index (χ2v) is 8.01. The summed E-state index contributed by atoms with van der Waals surface area (Å²) in [5.74, 6) is 1.80. The Balaban J connectivity index is 1.63. The molecule has 1 saturated heterocycles. The molecule has 8 heteroatoms. The number of ether oxygens (including phenoxy) is 2. The summed E-state index contributed by atoms with van der Waals surface area (Å²) in [4.78, 5) is 33.9. The third-order valence-electron chi connectivity index (χ3n) is 5.98. The van der Waals surface area contributed by atoms with E-state index in [0.29, 0.717) is 31.0 Å². The Morgan fingerprint density at radius 2 is 1.59 bits per heavy atom. The van der Waals surface area contributed by atoms with Crippen LogP contribution in [0.3, 0.4) is 0 Å². The molecule has 1 aromatic heterocycles. The van der Waals surface area contributed by atoms with Gasteiger partial charge in [0.05, 0.1) is 25.8 Å². The summed E-state index contributed by atoms with van der Waals surface area (Å²) in [6.07, 6.45) is 1.65. The topological polar surface area (TPSA) is 84.0 Å². The Labute approximate surface area is 199 Å². The van der Waals surface area contributed by atoms with Crippen molar-refractivity contribution >= 4 is 23.3 Å². The molecule has 34 heavy (non-hydrogen) atoms. The summed E-state index contributed by atoms with van der Waals surface area (Å²) in [5, 5.41) is 3.25. The van der Waals surface area contributed by atoms with Crippen LogP contribution in [-0.2, 0) is 4.79 Å². The number of hydrogen-bond acceptors (Lipinski definition) is 6. The minimum atomic E-state index is -0.287. The summed E-state index contributed by atoms with van der Waals surface area (Å²) in [5.41, 5.74) is 2.20. The van der Waals surface area contributed by atoms with Crippen molar-refractivity contribution in [2.24, 2.45) is 0 Å². The molecule has 1 aliphatic heterocycles. The third-order valence-corrected chi connectivity index (χ3v) is 5.98. The van der Waals surface area contributed by atoms with Crippen LogP contribution in [-0.4, -0.2) is 60.5 Å². The van der Waals surface area contributed by atoms with Gasteiger partial charge in [0, 0.05) is 38.4 Å². The van der Waals surface area contributed by atoms with Gasteiger partial charge in [-0.2, -0.15) is 0 Å². The van der Waals surface area contributed by atoms with Crippen molar-refractivity contribution in [2.45, 2.75) is 13.0 Å². The van der Waals surface area contributed by atoms with E-state index in [1.807, 2.05) is 53.4 Å². The van der Waals surface area contributed by atoms with E-state index in [9.17, 15) is 9.59 Å². The maximum Gasteiger partial charge on any atom is 0.258 e. The molecular formula is C26H28N4O4. The maximum absolute atomic E-state index is 13.8. The van der Waals surface area contributed by atoms with Crippen molar-refractivity contribution in [1.82, 2.24) is 14.8 Å². The lowest BCUT2D eigenvalue weighted by Gasteiger charge is -2.41. The van der Waals surface area contributed by atoms with Gasteiger partial charge in [0.15, 0.2) is 0 Å². The molecule has 4 rings (SSSR count). The zero-order valence-electron chi connectivity index (χ0n) is 19.5. The first kappa shape index (κ1) is 23.1. The van der Waals surface area contributed by atoms with Crippen LogP contribution in [0.2, 0.25) is 0 Å². The van der Waals surface area contributed by atoms with Crippen molar-refractivity contribution < 1.29 is 19.1 Å². The Morgan fingerprint density at radius 1 is 0.941 bits per heavy atom. The number of rotatable bonds is 6. The van der Waals surface area contributed by atoms with Crippen molar-refractivity contribution in [3.05, 3.63) is 78.0 Å². The molecule has 1 atom stereocenters. The second-order valence-electron chi connectivity index (χ2n) is 8.01. The first-order valence-corrected chi connectivity index (χ1v) is 11.1. The van der Waals surface area contributed by atoms with Gasteiger partial charge in [-0.1, -0.05) is 12.1 Å². The molecule has 1 N–H and O–H groups in total. The highest BCUT2D eigenvalue weighted by Gasteiger charge is 2.34. The highest BCUT2D eigenvalue weighted by atomic mass is 16.5. The monoisotopic (exact) mass is 460 g/mol. The number of carbonyl (C=O) groups excluding carboxylic acids is 2. The van der Waals surface area contributed by atoms with Gasteiger partial charge in [0.1, 0.15) is 17.3 Å². The van der Waals surface area contributed by atoms with Gasteiger partial charge in [-0.05, 0) is 54.1 Å². The fraction of sp³-hybridized carbons (Fsp3) is 0.269. The summed E-state index contributed by atoms with van der Waals surface area (Å²) in [6.45, 7) is 2.89. The summed E-state index contributed by atoms with van der Waals surface area (Å²) >= 11 is 0. The van der Waals surface area contributed by atoms with E-state index in [-0.39, 0.29) is 17.9 Å². The average Bonchev–Trinajstić information content (AvgIpc) is 2.88. The zero-order chi connectivity index (χ0) is 24.1. The number of piperazine rings is 1. The van der Waals surface area contributed by atoms with Gasteiger partial charge < -0.3 is 24.6 Å². The highest BCUT2D eigenvalue weighted by Crippen LogP contribution is 2.30. The molecule has 0 aliphatic carbocycles. The summed E-state index contributed by atoms with van der Waals surface area (Å²) < 4.78 is 10.5. The molecule has 0 saturated carbocycles. The molecule has 1 fully saturated rings. The van der Waals surface area contributed by atoms with E-state index in [4.69, 9.17) is 9.47 Å². The SMILES string of the molecule is COc1ccc(Nc2ncccc2C(=O)N2CCN(C(C)=O)C[C@@H]2c2ccc(OC)cc2)cc1. The quantitative estimate of drug-likeness (QED) is 0.601. The molecule has 8 nitrogen and oxygen atoms in total. The van der Waals surface area contributed by atoms with E-state index < -0.39 is 0 Å². The molecule has 2 heterocycles. The smallest absolute Gasteiger partial charge is 0.258 e. The van der Waals surface area contributed by atoms with Gasteiger partial charge >= 0.3 is 0 Å². The summed E-state index contributed by atoms with van der Waals surface area (Å²) in [7, 11) is 3.23. The molecule has 2 aromatic carbocycles. The lowest BCUT2D eigenvalue weighted by Crippen LogP contribution is -2.52. The number of anilines is 2. The standard InChI is InChI=1S/C26H28N4O4/c1-18(31)29-15-16-30(24(17-29)19-6-10-21(33-2)11-7-19)26(32)23-5-4-14-27-25(23)28-20-8-12-22(34-3)13-9-20/h4-14,24H,15-17H2,1-3H3,(H,27,28)/t24-/m1/s1. The van der Waals surface area contributed by atoms with Crippen molar-refractivity contribution in [3.8, 4) is 11.5 Å². The zero-order valence-corrected chi connectivity index (χ0v) is 19.5. The number of benzene rings is 2. The van der Waals surface area contributed by atoms with Crippen LogP contribution in [0.5, 0.6) is 11.5 Å². The predicted molar refractivity (Wildman–Crippen MR) is 130 cm³/mol. The maximum atomic E-state index is 13.8. The molecule has 0 spiro atoms. The number of nitrogens with zero attached hydrogens (tertiary/aromatic N) is 3. The van der Waals surface area contributed by atoms with Gasteiger partial charge in [0.25, 0.3) is 5.91 Å². The van der Waals surface area contributed by atoms with Crippen LogP contribution in [0.1, 0.15) is 28.9 Å². The molecule has 2 amide bonds. The molecule has 176 valence electrons. The van der Waals surface area contributed by atoms with Gasteiger partial charge in [-0.3, -0.25) is 9.59 Å². The fourth-order valence-corrected chi connectivity index (χ4v) is 4.07. The van der Waals surface area contributed by atoms with Crippen molar-refractivity contribution in [2.75, 3.05) is 39.2 Å². The Hall–Kier alpha value is -4.07. The van der Waals surface area contributed by atoms with E-state index in [2.05, 4.69) is 10.3 Å². The fourth-order valence-electron chi connectivity index (χ4n) is 4.07. The molecule has 0 unspecified atom stereocenters. The molecule has 0 radical (unpaired) electrons. The van der Waals surface area contributed by atoms with Crippen molar-refractivity contribution in [3.63, 3.8) is 0 Å². The van der Waals surface area contributed by atoms with E-state index in [1.165, 1.54) is 0 Å². The van der Waals surface area contributed by atoms with Crippen LogP contribution in [0, 0.1) is 0 Å². The number of carbonyl (C=O) groups is 2. The molecule has 3 aromatic rings. The summed E-state index contributed by atoms with van der Waals surface area (Å²) in [6, 6.07) is 18.3. The Kier molecular flexibility index (Phi) is 6.96. The number of methoxy groups -OCH3 is 2. The number of nitrogens with one attached hydrogen (secondary N) is 1. The molecular weight excluding hydrogens is 432 g/mol. The van der Waals surface area contributed by atoms with E-state index >= 15 is 0 Å². The number of hydrogen-bond donors (Lipinski definition) is 1. The van der Waals surface area contributed by atoms with Gasteiger partial charge in [-0.15, -0.1) is 0 Å². The lowest BCUT2D eigenvalue weighted by atomic mass is 10.0. The number of pyridine rings is 1. The van der Waals surface area contributed by atoms with Crippen LogP contribution in [0.4, 0.5) is 11.5 Å². The second kappa shape index (κ2) is 10.2. The first-order chi connectivity index (χ1) is 16.5. The Bertz CT molecular complexity index is 1150. The van der Waals surface area contributed by atoms with E-state index in [1.54, 1.807) is 44.4 Å². The lowest BCUT2D eigenvalue weighted by molar-refractivity contribution is -0.131. The third kappa shape index (κ3) is 4.96. The largest absolute Gasteiger partial charge is 0.497 e. The predicted octanol–water partition coefficient (Wildman–Crippen LogP) is 3.89. The van der Waals surface area contributed by atoms with Crippen LogP contribution in [0.15, 0.2) is 66.9 Å². The minimum absolute atomic E-state index is 0.00569. The molecule has 1 aliphatic rings. The molecule has 0 bridgehead atoms. The normalized spacial score (nSPS) is 15.6. The highest BCUT2D eigenvalue weighted by molar-refractivity contribution is 5.99. The van der Waals surface area contributed by atoms with Crippen LogP contribution >= 0.6 is 0 Å². The van der Waals surface area contributed by atoms with Crippen LogP contribution < -0.4 is 14.8 Å². The number of aromatic nitrogens is 1. The Morgan fingerprint density at radius 3 is 2.21 bits per heavy atom. The van der Waals surface area contributed by atoms with E-state index in [0.717, 1.165) is 22.7 Å². The van der Waals surface area contributed by atoms with Gasteiger partial charge in [-0.25, -0.2) is 4.98 Å². The van der Waals surface area contributed by atoms with Gasteiger partial charge in [0.2, 0.25) is 5.91 Å². The van der Waals surface area contributed by atoms with Crippen LogP contribution in [0.25, 0.3) is 0 Å². The first-order valence-electron chi connectivity index (χ1n) is 11.1. The number of amides is 2.